The number of likely N-dealkylation sites (N-methyl/N-ethyl adjacent to an activating group) is 1. The predicted octanol–water partition coefficient (Wildman–Crippen LogP) is 1.85. The molecule has 1 saturated heterocycles. The molecule has 5 heteroatoms. The molecule has 0 bridgehead atoms. The average Bonchev–Trinajstić information content (AvgIpc) is 2.65. The number of pyridine rings is 1. The molecule has 0 spiro atoms. The first-order valence-corrected chi connectivity index (χ1v) is 6.28. The second-order valence-electron chi connectivity index (χ2n) is 4.83. The molecule has 0 aromatic carbocycles. The van der Waals surface area contributed by atoms with Crippen LogP contribution in [0.3, 0.4) is 0 Å². The van der Waals surface area contributed by atoms with Crippen molar-refractivity contribution in [3.63, 3.8) is 0 Å². The van der Waals surface area contributed by atoms with Crippen LogP contribution >= 0.6 is 11.6 Å². The molecule has 1 unspecified atom stereocenters. The molecule has 2 N–H and O–H groups in total. The standard InChI is InChI=1S/C12H19ClN4/c1-16(2)8-10-4-3-5-17(10)12-11(13)6-9(14)7-15-12/h6-7,10H,3-5,8,14H2,1-2H3. The first-order chi connectivity index (χ1) is 8.08. The van der Waals surface area contributed by atoms with Crippen molar-refractivity contribution in [2.45, 2.75) is 18.9 Å². The van der Waals surface area contributed by atoms with Crippen molar-refractivity contribution in [2.75, 3.05) is 37.8 Å². The fraction of sp³-hybridized carbons (Fsp3) is 0.583. The van der Waals surface area contributed by atoms with Gasteiger partial charge in [0, 0.05) is 19.1 Å². The lowest BCUT2D eigenvalue weighted by Gasteiger charge is -2.28. The number of nitrogens with two attached hydrogens (primary N) is 1. The van der Waals surface area contributed by atoms with Crippen molar-refractivity contribution in [3.8, 4) is 0 Å². The zero-order valence-electron chi connectivity index (χ0n) is 10.4. The van der Waals surface area contributed by atoms with Gasteiger partial charge in [0.2, 0.25) is 0 Å². The number of anilines is 2. The van der Waals surface area contributed by atoms with Crippen molar-refractivity contribution in [2.24, 2.45) is 0 Å². The van der Waals surface area contributed by atoms with E-state index in [1.807, 2.05) is 0 Å². The van der Waals surface area contributed by atoms with Gasteiger partial charge in [-0.05, 0) is 33.0 Å². The lowest BCUT2D eigenvalue weighted by Crippen LogP contribution is -2.38. The van der Waals surface area contributed by atoms with E-state index >= 15 is 0 Å². The van der Waals surface area contributed by atoms with Crippen molar-refractivity contribution >= 4 is 23.1 Å². The third kappa shape index (κ3) is 2.82. The highest BCUT2D eigenvalue weighted by atomic mass is 35.5. The Labute approximate surface area is 107 Å². The molecule has 2 heterocycles. The molecule has 1 aliphatic rings. The number of nitrogen functional groups attached to an aromatic ring is 1. The predicted molar refractivity (Wildman–Crippen MR) is 72.6 cm³/mol. The lowest BCUT2D eigenvalue weighted by molar-refractivity contribution is 0.371. The zero-order valence-corrected chi connectivity index (χ0v) is 11.1. The molecule has 1 aromatic rings. The van der Waals surface area contributed by atoms with E-state index in [-0.39, 0.29) is 0 Å². The van der Waals surface area contributed by atoms with Gasteiger partial charge in [0.1, 0.15) is 5.82 Å². The summed E-state index contributed by atoms with van der Waals surface area (Å²) >= 11 is 6.21. The highest BCUT2D eigenvalue weighted by Crippen LogP contribution is 2.31. The molecule has 1 atom stereocenters. The van der Waals surface area contributed by atoms with Gasteiger partial charge in [-0.3, -0.25) is 0 Å². The number of nitrogens with zero attached hydrogens (tertiary/aromatic N) is 3. The third-order valence-corrected chi connectivity index (χ3v) is 3.35. The molecule has 0 amide bonds. The van der Waals surface area contributed by atoms with Crippen LogP contribution in [0.5, 0.6) is 0 Å². The van der Waals surface area contributed by atoms with Crippen molar-refractivity contribution in [3.05, 3.63) is 17.3 Å². The Morgan fingerprint density at radius 2 is 2.35 bits per heavy atom. The Morgan fingerprint density at radius 1 is 1.59 bits per heavy atom. The van der Waals surface area contributed by atoms with Gasteiger partial charge >= 0.3 is 0 Å². The smallest absolute Gasteiger partial charge is 0.147 e. The molecule has 1 aliphatic heterocycles. The van der Waals surface area contributed by atoms with Crippen LogP contribution in [0.15, 0.2) is 12.3 Å². The fourth-order valence-electron chi connectivity index (χ4n) is 2.38. The second kappa shape index (κ2) is 5.10. The van der Waals surface area contributed by atoms with Gasteiger partial charge < -0.3 is 15.5 Å². The number of hydrogen-bond acceptors (Lipinski definition) is 4. The van der Waals surface area contributed by atoms with E-state index in [2.05, 4.69) is 28.9 Å². The minimum absolute atomic E-state index is 0.499. The minimum Gasteiger partial charge on any atom is -0.397 e. The number of hydrogen-bond donors (Lipinski definition) is 1. The maximum Gasteiger partial charge on any atom is 0.147 e. The number of rotatable bonds is 3. The summed E-state index contributed by atoms with van der Waals surface area (Å²) in [5.41, 5.74) is 6.28. The Hall–Kier alpha value is -1.00. The Balaban J connectivity index is 2.20. The van der Waals surface area contributed by atoms with Crippen molar-refractivity contribution < 1.29 is 0 Å². The van der Waals surface area contributed by atoms with Crippen LogP contribution in [0.25, 0.3) is 0 Å². The van der Waals surface area contributed by atoms with Gasteiger partial charge in [-0.25, -0.2) is 4.98 Å². The van der Waals surface area contributed by atoms with Crippen molar-refractivity contribution in [1.82, 2.24) is 9.88 Å². The Kier molecular flexibility index (Phi) is 3.74. The second-order valence-corrected chi connectivity index (χ2v) is 5.23. The molecule has 1 fully saturated rings. The fourth-order valence-corrected chi connectivity index (χ4v) is 2.67. The van der Waals surface area contributed by atoms with Gasteiger partial charge in [0.05, 0.1) is 16.9 Å². The molecule has 0 saturated carbocycles. The highest BCUT2D eigenvalue weighted by molar-refractivity contribution is 6.33. The first kappa shape index (κ1) is 12.5. The summed E-state index contributed by atoms with van der Waals surface area (Å²) in [6, 6.07) is 2.27. The van der Waals surface area contributed by atoms with Crippen LogP contribution in [0.2, 0.25) is 5.02 Å². The summed E-state index contributed by atoms with van der Waals surface area (Å²) in [6.07, 6.45) is 4.06. The summed E-state index contributed by atoms with van der Waals surface area (Å²) in [4.78, 5) is 8.86. The topological polar surface area (TPSA) is 45.4 Å². The van der Waals surface area contributed by atoms with Crippen molar-refractivity contribution in [1.29, 1.82) is 0 Å². The molecule has 17 heavy (non-hydrogen) atoms. The Morgan fingerprint density at radius 3 is 3.00 bits per heavy atom. The summed E-state index contributed by atoms with van der Waals surface area (Å²) in [7, 11) is 4.18. The molecule has 94 valence electrons. The third-order valence-electron chi connectivity index (χ3n) is 3.07. The van der Waals surface area contributed by atoms with Gasteiger partial charge in [0.25, 0.3) is 0 Å². The van der Waals surface area contributed by atoms with Crippen LogP contribution in [0.1, 0.15) is 12.8 Å². The Bertz CT molecular complexity index is 394. The van der Waals surface area contributed by atoms with E-state index in [0.29, 0.717) is 16.8 Å². The largest absolute Gasteiger partial charge is 0.397 e. The van der Waals surface area contributed by atoms with E-state index in [0.717, 1.165) is 18.9 Å². The monoisotopic (exact) mass is 254 g/mol. The first-order valence-electron chi connectivity index (χ1n) is 5.90. The number of halogens is 1. The number of aromatic nitrogens is 1. The van der Waals surface area contributed by atoms with E-state index in [4.69, 9.17) is 17.3 Å². The summed E-state index contributed by atoms with van der Waals surface area (Å²) in [5.74, 6) is 0.866. The van der Waals surface area contributed by atoms with Gasteiger partial charge in [-0.2, -0.15) is 0 Å². The molecule has 2 rings (SSSR count). The quantitative estimate of drug-likeness (QED) is 0.894. The SMILES string of the molecule is CN(C)CC1CCCN1c1ncc(N)cc1Cl. The van der Waals surface area contributed by atoms with Crippen LogP contribution in [0.4, 0.5) is 11.5 Å². The molecular formula is C12H19ClN4. The highest BCUT2D eigenvalue weighted by Gasteiger charge is 2.27. The molecule has 0 aliphatic carbocycles. The summed E-state index contributed by atoms with van der Waals surface area (Å²) in [5, 5.41) is 0.649. The van der Waals surface area contributed by atoms with Crippen LogP contribution < -0.4 is 10.6 Å². The average molecular weight is 255 g/mol. The van der Waals surface area contributed by atoms with E-state index in [1.165, 1.54) is 12.8 Å². The minimum atomic E-state index is 0.499. The normalized spacial score (nSPS) is 20.2. The molecule has 4 nitrogen and oxygen atoms in total. The molecular weight excluding hydrogens is 236 g/mol. The maximum absolute atomic E-state index is 6.21. The zero-order chi connectivity index (χ0) is 12.4. The van der Waals surface area contributed by atoms with Gasteiger partial charge in [-0.1, -0.05) is 11.6 Å². The van der Waals surface area contributed by atoms with Crippen LogP contribution in [-0.2, 0) is 0 Å². The lowest BCUT2D eigenvalue weighted by atomic mass is 10.2. The summed E-state index contributed by atoms with van der Waals surface area (Å²) < 4.78 is 0. The van der Waals surface area contributed by atoms with E-state index < -0.39 is 0 Å². The molecule has 1 aromatic heterocycles. The van der Waals surface area contributed by atoms with E-state index in [9.17, 15) is 0 Å². The van der Waals surface area contributed by atoms with E-state index in [1.54, 1.807) is 12.3 Å². The van der Waals surface area contributed by atoms with Gasteiger partial charge in [0.15, 0.2) is 0 Å². The van der Waals surface area contributed by atoms with Gasteiger partial charge in [-0.15, -0.1) is 0 Å². The van der Waals surface area contributed by atoms with Crippen LogP contribution in [-0.4, -0.2) is 43.1 Å². The molecule has 0 radical (unpaired) electrons. The maximum atomic E-state index is 6.21. The van der Waals surface area contributed by atoms with Crippen LogP contribution in [0, 0.1) is 0 Å². The summed E-state index contributed by atoms with van der Waals surface area (Å²) in [6.45, 7) is 2.05.